The molecule has 1 aromatic carbocycles. The van der Waals surface area contributed by atoms with Gasteiger partial charge < -0.3 is 10.5 Å². The summed E-state index contributed by atoms with van der Waals surface area (Å²) in [5.74, 6) is 0.715. The van der Waals surface area contributed by atoms with Crippen molar-refractivity contribution < 1.29 is 13.2 Å². The molecular weight excluding hydrogens is 336 g/mol. The van der Waals surface area contributed by atoms with Crippen molar-refractivity contribution in [3.63, 3.8) is 0 Å². The van der Waals surface area contributed by atoms with E-state index in [4.69, 9.17) is 10.5 Å². The molecule has 1 heterocycles. The third-order valence-electron chi connectivity index (χ3n) is 4.04. The van der Waals surface area contributed by atoms with Gasteiger partial charge in [0.1, 0.15) is 5.75 Å². The predicted octanol–water partition coefficient (Wildman–Crippen LogP) is 2.79. The molecule has 0 spiro atoms. The number of halogens is 1. The highest BCUT2D eigenvalue weighted by Crippen LogP contribution is 2.26. The van der Waals surface area contributed by atoms with Gasteiger partial charge in [-0.15, -0.1) is 12.4 Å². The van der Waals surface area contributed by atoms with Crippen molar-refractivity contribution in [2.75, 3.05) is 19.7 Å². The fraction of sp³-hybridized carbons (Fsp3) is 0.625. The van der Waals surface area contributed by atoms with Crippen LogP contribution in [0.4, 0.5) is 0 Å². The van der Waals surface area contributed by atoms with Crippen molar-refractivity contribution in [2.24, 2.45) is 5.73 Å². The summed E-state index contributed by atoms with van der Waals surface area (Å²) in [6.45, 7) is 3.74. The Morgan fingerprint density at radius 1 is 1.26 bits per heavy atom. The van der Waals surface area contributed by atoms with Crippen LogP contribution < -0.4 is 10.5 Å². The van der Waals surface area contributed by atoms with E-state index in [0.717, 1.165) is 32.1 Å². The number of ether oxygens (including phenoxy) is 1. The van der Waals surface area contributed by atoms with Gasteiger partial charge in [0.15, 0.2) is 0 Å². The molecular formula is C16H27ClN2O3S. The Morgan fingerprint density at radius 3 is 2.57 bits per heavy atom. The predicted molar refractivity (Wildman–Crippen MR) is 94.7 cm³/mol. The Kier molecular flexibility index (Phi) is 8.33. The smallest absolute Gasteiger partial charge is 0.243 e. The van der Waals surface area contributed by atoms with Crippen molar-refractivity contribution >= 4 is 22.4 Å². The minimum atomic E-state index is -3.45. The molecule has 23 heavy (non-hydrogen) atoms. The highest BCUT2D eigenvalue weighted by molar-refractivity contribution is 7.89. The van der Waals surface area contributed by atoms with Crippen molar-refractivity contribution in [1.82, 2.24) is 4.31 Å². The lowest BCUT2D eigenvalue weighted by Crippen LogP contribution is -2.39. The second-order valence-electron chi connectivity index (χ2n) is 5.67. The lowest BCUT2D eigenvalue weighted by molar-refractivity contribution is 0.306. The zero-order valence-corrected chi connectivity index (χ0v) is 15.2. The molecule has 0 amide bonds. The monoisotopic (exact) mass is 362 g/mol. The molecule has 0 aromatic heterocycles. The molecule has 1 fully saturated rings. The van der Waals surface area contributed by atoms with E-state index in [0.29, 0.717) is 30.3 Å². The standard InChI is InChI=1S/C16H26N2O3S.ClH/c1-2-3-4-12-21-15-7-9-16(10-8-15)22(19,20)18-11-5-6-14(18)13-17;/h7-10,14H,2-6,11-13,17H2,1H3;1H. The fourth-order valence-corrected chi connectivity index (χ4v) is 4.45. The summed E-state index contributed by atoms with van der Waals surface area (Å²) in [5, 5.41) is 0. The number of sulfonamides is 1. The summed E-state index contributed by atoms with van der Waals surface area (Å²) in [7, 11) is -3.45. The molecule has 7 heteroatoms. The van der Waals surface area contributed by atoms with E-state index in [-0.39, 0.29) is 18.4 Å². The van der Waals surface area contributed by atoms with Gasteiger partial charge in [0.25, 0.3) is 0 Å². The molecule has 1 atom stereocenters. The van der Waals surface area contributed by atoms with Gasteiger partial charge in [-0.2, -0.15) is 4.31 Å². The van der Waals surface area contributed by atoms with E-state index in [1.807, 2.05) is 0 Å². The van der Waals surface area contributed by atoms with Crippen LogP contribution in [-0.2, 0) is 10.0 Å². The first-order chi connectivity index (χ1) is 10.6. The molecule has 1 aliphatic rings. The first kappa shape index (κ1) is 20.2. The maximum absolute atomic E-state index is 12.6. The Bertz CT molecular complexity index is 563. The minimum Gasteiger partial charge on any atom is -0.494 e. The summed E-state index contributed by atoms with van der Waals surface area (Å²) in [6, 6.07) is 6.63. The van der Waals surface area contributed by atoms with Gasteiger partial charge in [-0.3, -0.25) is 0 Å². The van der Waals surface area contributed by atoms with Gasteiger partial charge in [0, 0.05) is 19.1 Å². The molecule has 0 radical (unpaired) electrons. The maximum atomic E-state index is 12.6. The second kappa shape index (κ2) is 9.47. The van der Waals surface area contributed by atoms with Crippen LogP contribution in [-0.4, -0.2) is 38.5 Å². The number of hydrogen-bond acceptors (Lipinski definition) is 4. The van der Waals surface area contributed by atoms with E-state index >= 15 is 0 Å². The summed E-state index contributed by atoms with van der Waals surface area (Å²) < 4.78 is 32.4. The molecule has 132 valence electrons. The lowest BCUT2D eigenvalue weighted by Gasteiger charge is -2.22. The number of hydrogen-bond donors (Lipinski definition) is 1. The number of rotatable bonds is 8. The molecule has 0 saturated carbocycles. The summed E-state index contributed by atoms with van der Waals surface area (Å²) in [5.41, 5.74) is 5.68. The van der Waals surface area contributed by atoms with E-state index < -0.39 is 10.0 Å². The van der Waals surface area contributed by atoms with Crippen LogP contribution in [0.15, 0.2) is 29.2 Å². The van der Waals surface area contributed by atoms with Gasteiger partial charge in [-0.1, -0.05) is 19.8 Å². The van der Waals surface area contributed by atoms with Crippen molar-refractivity contribution in [2.45, 2.75) is 50.0 Å². The average molecular weight is 363 g/mol. The molecule has 1 aromatic rings. The lowest BCUT2D eigenvalue weighted by atomic mass is 10.2. The van der Waals surface area contributed by atoms with Crippen LogP contribution in [0, 0.1) is 0 Å². The Morgan fingerprint density at radius 2 is 1.96 bits per heavy atom. The highest BCUT2D eigenvalue weighted by Gasteiger charge is 2.34. The Hall–Kier alpha value is -0.820. The van der Waals surface area contributed by atoms with Crippen LogP contribution in [0.3, 0.4) is 0 Å². The number of unbranched alkanes of at least 4 members (excludes halogenated alkanes) is 2. The third kappa shape index (κ3) is 5.08. The van der Waals surface area contributed by atoms with E-state index in [2.05, 4.69) is 6.92 Å². The van der Waals surface area contributed by atoms with Gasteiger partial charge in [-0.25, -0.2) is 8.42 Å². The molecule has 2 rings (SSSR count). The Balaban J connectivity index is 0.00000264. The molecule has 2 N–H and O–H groups in total. The molecule has 5 nitrogen and oxygen atoms in total. The van der Waals surface area contributed by atoms with Crippen LogP contribution in [0.1, 0.15) is 39.0 Å². The zero-order valence-electron chi connectivity index (χ0n) is 13.6. The Labute approximate surface area is 145 Å². The van der Waals surface area contributed by atoms with Gasteiger partial charge in [0.05, 0.1) is 11.5 Å². The highest BCUT2D eigenvalue weighted by atomic mass is 35.5. The third-order valence-corrected chi connectivity index (χ3v) is 6.01. The van der Waals surface area contributed by atoms with E-state index in [1.54, 1.807) is 24.3 Å². The number of nitrogens with zero attached hydrogens (tertiary/aromatic N) is 1. The summed E-state index contributed by atoms with van der Waals surface area (Å²) in [6.07, 6.45) is 5.02. The van der Waals surface area contributed by atoms with Gasteiger partial charge >= 0.3 is 0 Å². The number of nitrogens with two attached hydrogens (primary N) is 1. The van der Waals surface area contributed by atoms with Crippen molar-refractivity contribution in [3.05, 3.63) is 24.3 Å². The first-order valence-electron chi connectivity index (χ1n) is 8.04. The van der Waals surface area contributed by atoms with Gasteiger partial charge in [-0.05, 0) is 43.5 Å². The molecule has 1 aliphatic heterocycles. The normalized spacial score (nSPS) is 18.6. The van der Waals surface area contributed by atoms with Crippen LogP contribution in [0.2, 0.25) is 0 Å². The second-order valence-corrected chi connectivity index (χ2v) is 7.57. The fourth-order valence-electron chi connectivity index (χ4n) is 2.75. The average Bonchev–Trinajstić information content (AvgIpc) is 3.01. The van der Waals surface area contributed by atoms with Crippen LogP contribution >= 0.6 is 12.4 Å². The van der Waals surface area contributed by atoms with Gasteiger partial charge in [0.2, 0.25) is 10.0 Å². The summed E-state index contributed by atoms with van der Waals surface area (Å²) in [4.78, 5) is 0.314. The quantitative estimate of drug-likeness (QED) is 0.722. The largest absolute Gasteiger partial charge is 0.494 e. The summed E-state index contributed by atoms with van der Waals surface area (Å²) >= 11 is 0. The first-order valence-corrected chi connectivity index (χ1v) is 9.48. The SMILES string of the molecule is CCCCCOc1ccc(S(=O)(=O)N2CCCC2CN)cc1.Cl. The molecule has 0 aliphatic carbocycles. The van der Waals surface area contributed by atoms with Crippen LogP contribution in [0.25, 0.3) is 0 Å². The van der Waals surface area contributed by atoms with E-state index in [1.165, 1.54) is 4.31 Å². The topological polar surface area (TPSA) is 72.6 Å². The molecule has 0 bridgehead atoms. The van der Waals surface area contributed by atoms with Crippen molar-refractivity contribution in [1.29, 1.82) is 0 Å². The molecule has 1 saturated heterocycles. The zero-order chi connectivity index (χ0) is 16.0. The maximum Gasteiger partial charge on any atom is 0.243 e. The minimum absolute atomic E-state index is 0. The van der Waals surface area contributed by atoms with Crippen molar-refractivity contribution in [3.8, 4) is 5.75 Å². The molecule has 1 unspecified atom stereocenters. The van der Waals surface area contributed by atoms with E-state index in [9.17, 15) is 8.42 Å². The number of benzene rings is 1. The van der Waals surface area contributed by atoms with Crippen LogP contribution in [0.5, 0.6) is 5.75 Å².